The van der Waals surface area contributed by atoms with Gasteiger partial charge in [0.2, 0.25) is 0 Å². The Bertz CT molecular complexity index is 211. The Morgan fingerprint density at radius 1 is 1.18 bits per heavy atom. The quantitative estimate of drug-likeness (QED) is 0.798. The van der Waals surface area contributed by atoms with Gasteiger partial charge in [-0.1, -0.05) is 32.6 Å². The van der Waals surface area contributed by atoms with E-state index >= 15 is 0 Å². The number of likely N-dealkylation sites (tertiary alicyclic amines) is 1. The first-order chi connectivity index (χ1) is 8.29. The van der Waals surface area contributed by atoms with Gasteiger partial charge in [0, 0.05) is 19.1 Å². The predicted octanol–water partition coefficient (Wildman–Crippen LogP) is 3.02. The molecule has 100 valence electrons. The number of hydrogen-bond donors (Lipinski definition) is 1. The van der Waals surface area contributed by atoms with Crippen LogP contribution in [0.4, 0.5) is 0 Å². The van der Waals surface area contributed by atoms with E-state index in [0.717, 1.165) is 18.4 Å². The molecule has 1 aliphatic heterocycles. The van der Waals surface area contributed by atoms with Gasteiger partial charge in [0.1, 0.15) is 0 Å². The first kappa shape index (κ1) is 13.4. The maximum absolute atomic E-state index is 6.41. The topological polar surface area (TPSA) is 29.3 Å². The van der Waals surface area contributed by atoms with Crippen LogP contribution in [0, 0.1) is 11.8 Å². The van der Waals surface area contributed by atoms with Gasteiger partial charge in [0.05, 0.1) is 0 Å². The average molecular weight is 238 g/mol. The highest BCUT2D eigenvalue weighted by Crippen LogP contribution is 2.27. The normalized spacial score (nSPS) is 29.6. The Kier molecular flexibility index (Phi) is 5.30. The highest BCUT2D eigenvalue weighted by molar-refractivity contribution is 4.83. The molecule has 0 aromatic carbocycles. The van der Waals surface area contributed by atoms with E-state index in [0.29, 0.717) is 6.04 Å². The van der Waals surface area contributed by atoms with E-state index in [4.69, 9.17) is 5.73 Å². The van der Waals surface area contributed by atoms with Crippen LogP contribution in [0.1, 0.15) is 58.3 Å². The van der Waals surface area contributed by atoms with Crippen LogP contribution in [0.15, 0.2) is 0 Å². The van der Waals surface area contributed by atoms with Crippen molar-refractivity contribution >= 4 is 0 Å². The third kappa shape index (κ3) is 3.96. The molecule has 1 heterocycles. The smallest absolute Gasteiger partial charge is 0.0196 e. The lowest BCUT2D eigenvalue weighted by atomic mass is 9.84. The monoisotopic (exact) mass is 238 g/mol. The summed E-state index contributed by atoms with van der Waals surface area (Å²) in [4.78, 5) is 2.62. The third-order valence-corrected chi connectivity index (χ3v) is 4.79. The van der Waals surface area contributed by atoms with Crippen LogP contribution in [0.25, 0.3) is 0 Å². The Labute approximate surface area is 107 Å². The summed E-state index contributed by atoms with van der Waals surface area (Å²) in [7, 11) is 0. The van der Waals surface area contributed by atoms with Gasteiger partial charge in [-0.25, -0.2) is 0 Å². The Hall–Kier alpha value is -0.0800. The van der Waals surface area contributed by atoms with Crippen molar-refractivity contribution in [3.63, 3.8) is 0 Å². The summed E-state index contributed by atoms with van der Waals surface area (Å²) in [6.45, 7) is 6.07. The molecule has 0 amide bonds. The standard InChI is InChI=1S/C15H30N2/c1-2-6-13-9-10-17(11-13)12-15(16)14-7-4-3-5-8-14/h13-15H,2-12,16H2,1H3. The fourth-order valence-corrected chi connectivity index (χ4v) is 3.73. The fourth-order valence-electron chi connectivity index (χ4n) is 3.73. The van der Waals surface area contributed by atoms with E-state index in [2.05, 4.69) is 11.8 Å². The zero-order valence-corrected chi connectivity index (χ0v) is 11.5. The number of nitrogens with two attached hydrogens (primary N) is 1. The van der Waals surface area contributed by atoms with Crippen LogP contribution in [0.5, 0.6) is 0 Å². The molecule has 0 spiro atoms. The van der Waals surface area contributed by atoms with Crippen LogP contribution >= 0.6 is 0 Å². The molecular weight excluding hydrogens is 208 g/mol. The summed E-state index contributed by atoms with van der Waals surface area (Å²) in [6.07, 6.45) is 11.2. The van der Waals surface area contributed by atoms with E-state index in [9.17, 15) is 0 Å². The highest BCUT2D eigenvalue weighted by Gasteiger charge is 2.26. The molecule has 2 rings (SSSR count). The lowest BCUT2D eigenvalue weighted by Gasteiger charge is -2.30. The minimum Gasteiger partial charge on any atom is -0.326 e. The summed E-state index contributed by atoms with van der Waals surface area (Å²) in [5.74, 6) is 1.77. The fraction of sp³-hybridized carbons (Fsp3) is 1.00. The number of nitrogens with zero attached hydrogens (tertiary/aromatic N) is 1. The zero-order valence-electron chi connectivity index (χ0n) is 11.5. The van der Waals surface area contributed by atoms with Crippen molar-refractivity contribution in [2.24, 2.45) is 17.6 Å². The Morgan fingerprint density at radius 2 is 1.94 bits per heavy atom. The lowest BCUT2D eigenvalue weighted by Crippen LogP contribution is -2.42. The SMILES string of the molecule is CCCC1CCN(CC(N)C2CCCCC2)C1. The Morgan fingerprint density at radius 3 is 2.65 bits per heavy atom. The molecule has 0 radical (unpaired) electrons. The summed E-state index contributed by atoms with van der Waals surface area (Å²) in [6, 6.07) is 0.440. The van der Waals surface area contributed by atoms with Crippen molar-refractivity contribution in [3.8, 4) is 0 Å². The van der Waals surface area contributed by atoms with Gasteiger partial charge in [-0.05, 0) is 44.1 Å². The molecule has 2 aliphatic rings. The predicted molar refractivity (Wildman–Crippen MR) is 74.0 cm³/mol. The molecule has 2 atom stereocenters. The van der Waals surface area contributed by atoms with Crippen molar-refractivity contribution in [1.82, 2.24) is 4.90 Å². The molecule has 1 aliphatic carbocycles. The Balaban J connectivity index is 1.69. The molecule has 1 saturated heterocycles. The summed E-state index contributed by atoms with van der Waals surface area (Å²) in [5, 5.41) is 0. The second-order valence-electron chi connectivity index (χ2n) is 6.26. The van der Waals surface area contributed by atoms with Gasteiger partial charge in [-0.3, -0.25) is 0 Å². The number of hydrogen-bond acceptors (Lipinski definition) is 2. The second kappa shape index (κ2) is 6.75. The maximum atomic E-state index is 6.41. The van der Waals surface area contributed by atoms with Gasteiger partial charge in [0.15, 0.2) is 0 Å². The average Bonchev–Trinajstić information content (AvgIpc) is 2.78. The highest BCUT2D eigenvalue weighted by atomic mass is 15.2. The molecule has 2 nitrogen and oxygen atoms in total. The van der Waals surface area contributed by atoms with Crippen LogP contribution in [-0.4, -0.2) is 30.6 Å². The van der Waals surface area contributed by atoms with Crippen molar-refractivity contribution in [2.75, 3.05) is 19.6 Å². The summed E-state index contributed by atoms with van der Waals surface area (Å²) < 4.78 is 0. The van der Waals surface area contributed by atoms with Crippen LogP contribution in [0.2, 0.25) is 0 Å². The van der Waals surface area contributed by atoms with Gasteiger partial charge >= 0.3 is 0 Å². The molecule has 2 N–H and O–H groups in total. The molecule has 2 heteroatoms. The second-order valence-corrected chi connectivity index (χ2v) is 6.26. The molecular formula is C15H30N2. The summed E-state index contributed by atoms with van der Waals surface area (Å²) >= 11 is 0. The lowest BCUT2D eigenvalue weighted by molar-refractivity contribution is 0.228. The largest absolute Gasteiger partial charge is 0.326 e. The van der Waals surface area contributed by atoms with E-state index in [1.54, 1.807) is 0 Å². The molecule has 2 fully saturated rings. The van der Waals surface area contributed by atoms with Gasteiger partial charge in [0.25, 0.3) is 0 Å². The van der Waals surface area contributed by atoms with Gasteiger partial charge in [-0.15, -0.1) is 0 Å². The molecule has 0 bridgehead atoms. The third-order valence-electron chi connectivity index (χ3n) is 4.79. The molecule has 0 aromatic rings. The minimum absolute atomic E-state index is 0.440. The summed E-state index contributed by atoms with van der Waals surface area (Å²) in [5.41, 5.74) is 6.41. The number of rotatable bonds is 5. The van der Waals surface area contributed by atoms with Crippen LogP contribution in [-0.2, 0) is 0 Å². The van der Waals surface area contributed by atoms with Crippen molar-refractivity contribution in [3.05, 3.63) is 0 Å². The zero-order chi connectivity index (χ0) is 12.1. The van der Waals surface area contributed by atoms with E-state index in [1.807, 2.05) is 0 Å². The first-order valence-electron chi connectivity index (χ1n) is 7.77. The van der Waals surface area contributed by atoms with Crippen molar-refractivity contribution in [2.45, 2.75) is 64.3 Å². The first-order valence-corrected chi connectivity index (χ1v) is 7.77. The molecule has 2 unspecified atom stereocenters. The van der Waals surface area contributed by atoms with E-state index < -0.39 is 0 Å². The molecule has 0 aromatic heterocycles. The minimum atomic E-state index is 0.440. The van der Waals surface area contributed by atoms with Gasteiger partial charge in [-0.2, -0.15) is 0 Å². The van der Waals surface area contributed by atoms with Crippen molar-refractivity contribution in [1.29, 1.82) is 0 Å². The molecule has 1 saturated carbocycles. The van der Waals surface area contributed by atoms with Gasteiger partial charge < -0.3 is 10.6 Å². The van der Waals surface area contributed by atoms with Crippen molar-refractivity contribution < 1.29 is 0 Å². The van der Waals surface area contributed by atoms with Crippen LogP contribution < -0.4 is 5.73 Å². The molecule has 17 heavy (non-hydrogen) atoms. The maximum Gasteiger partial charge on any atom is 0.0196 e. The van der Waals surface area contributed by atoms with Crippen LogP contribution in [0.3, 0.4) is 0 Å². The van der Waals surface area contributed by atoms with E-state index in [1.165, 1.54) is 64.5 Å². The van der Waals surface area contributed by atoms with E-state index in [-0.39, 0.29) is 0 Å².